The summed E-state index contributed by atoms with van der Waals surface area (Å²) >= 11 is 1.24. The molecule has 0 aliphatic carbocycles. The van der Waals surface area contributed by atoms with Gasteiger partial charge in [0.1, 0.15) is 22.2 Å². The minimum atomic E-state index is -0.520. The van der Waals surface area contributed by atoms with Gasteiger partial charge in [0.05, 0.1) is 17.3 Å². The molecule has 30 heavy (non-hydrogen) atoms. The van der Waals surface area contributed by atoms with Gasteiger partial charge in [-0.1, -0.05) is 12.1 Å². The van der Waals surface area contributed by atoms with Crippen LogP contribution in [0, 0.1) is 11.3 Å². The summed E-state index contributed by atoms with van der Waals surface area (Å²) in [6, 6.07) is 9.00. The Kier molecular flexibility index (Phi) is 5.20. The number of amides is 3. The van der Waals surface area contributed by atoms with Crippen molar-refractivity contribution in [1.29, 1.82) is 5.26 Å². The number of rotatable bonds is 5. The molecular weight excluding hydrogens is 406 g/mol. The Balaban J connectivity index is 1.55. The number of hydrogen-bond acceptors (Lipinski definition) is 7. The number of aryl methyl sites for hydroxylation is 1. The summed E-state index contributed by atoms with van der Waals surface area (Å²) in [7, 11) is 1.73. The number of nitriles is 1. The monoisotopic (exact) mass is 423 g/mol. The smallest absolute Gasteiger partial charge is 0.262 e. The zero-order valence-electron chi connectivity index (χ0n) is 16.0. The van der Waals surface area contributed by atoms with Crippen LogP contribution in [0.3, 0.4) is 0 Å². The van der Waals surface area contributed by atoms with Crippen LogP contribution in [0.15, 0.2) is 29.6 Å². The highest BCUT2D eigenvalue weighted by molar-refractivity contribution is 7.11. The number of fused-ring (bicyclic) bond motifs is 1. The number of nitrogens with one attached hydrogen (secondary N) is 2. The minimum absolute atomic E-state index is 0.251. The van der Waals surface area contributed by atoms with Crippen molar-refractivity contribution in [3.63, 3.8) is 0 Å². The molecule has 1 aromatic carbocycles. The molecule has 0 saturated carbocycles. The van der Waals surface area contributed by atoms with E-state index in [-0.39, 0.29) is 24.8 Å². The number of aromatic nitrogens is 2. The predicted octanol–water partition coefficient (Wildman–Crippen LogP) is 2.04. The van der Waals surface area contributed by atoms with Crippen molar-refractivity contribution >= 4 is 45.6 Å². The highest BCUT2D eigenvalue weighted by Gasteiger charge is 2.32. The lowest BCUT2D eigenvalue weighted by Gasteiger charge is -2.19. The van der Waals surface area contributed by atoms with Crippen LogP contribution in [0.1, 0.15) is 29.3 Å². The first kappa shape index (κ1) is 19.6. The van der Waals surface area contributed by atoms with E-state index in [1.54, 1.807) is 35.3 Å². The molecule has 1 atom stereocenters. The van der Waals surface area contributed by atoms with E-state index in [2.05, 4.69) is 15.7 Å². The van der Waals surface area contributed by atoms with Crippen molar-refractivity contribution in [1.82, 2.24) is 15.1 Å². The second-order valence-electron chi connectivity index (χ2n) is 6.78. The van der Waals surface area contributed by atoms with Gasteiger partial charge in [-0.3, -0.25) is 24.4 Å². The number of hydrogen-bond donors (Lipinski definition) is 2. The zero-order valence-corrected chi connectivity index (χ0v) is 16.8. The molecule has 0 spiro atoms. The average molecular weight is 423 g/mol. The van der Waals surface area contributed by atoms with Crippen molar-refractivity contribution < 1.29 is 19.1 Å². The average Bonchev–Trinajstić information content (AvgIpc) is 3.31. The third-order valence-electron chi connectivity index (χ3n) is 4.83. The van der Waals surface area contributed by atoms with Gasteiger partial charge < -0.3 is 10.1 Å². The molecule has 152 valence electrons. The van der Waals surface area contributed by atoms with E-state index >= 15 is 0 Å². The predicted molar refractivity (Wildman–Crippen MR) is 109 cm³/mol. The molecule has 0 bridgehead atoms. The van der Waals surface area contributed by atoms with E-state index < -0.39 is 11.8 Å². The SMILES string of the molecule is Cn1nc(C2CCC(=O)NC2=O)c2cccc(OCC(=O)Nc3ccsc3C#N)c21. The third-order valence-corrected chi connectivity index (χ3v) is 5.64. The van der Waals surface area contributed by atoms with Crippen LogP contribution in [0.4, 0.5) is 5.69 Å². The lowest BCUT2D eigenvalue weighted by molar-refractivity contribution is -0.134. The number of thiophene rings is 1. The van der Waals surface area contributed by atoms with Gasteiger partial charge in [-0.05, 0) is 23.9 Å². The molecule has 1 saturated heterocycles. The molecule has 9 nitrogen and oxygen atoms in total. The van der Waals surface area contributed by atoms with Crippen LogP contribution < -0.4 is 15.4 Å². The largest absolute Gasteiger partial charge is 0.481 e. The Bertz CT molecular complexity index is 1210. The maximum absolute atomic E-state index is 12.3. The van der Waals surface area contributed by atoms with Crippen molar-refractivity contribution in [2.24, 2.45) is 7.05 Å². The van der Waals surface area contributed by atoms with Crippen LogP contribution in [-0.2, 0) is 21.4 Å². The first-order valence-corrected chi connectivity index (χ1v) is 10.1. The summed E-state index contributed by atoms with van der Waals surface area (Å²) in [4.78, 5) is 36.4. The first-order chi connectivity index (χ1) is 14.5. The molecule has 1 aliphatic rings. The molecule has 2 aromatic heterocycles. The van der Waals surface area contributed by atoms with Crippen LogP contribution in [-0.4, -0.2) is 34.1 Å². The van der Waals surface area contributed by atoms with Crippen molar-refractivity contribution in [2.75, 3.05) is 11.9 Å². The molecular formula is C20H17N5O4S. The molecule has 0 radical (unpaired) electrons. The fourth-order valence-corrected chi connectivity index (χ4v) is 4.12. The molecule has 10 heteroatoms. The van der Waals surface area contributed by atoms with Crippen LogP contribution >= 0.6 is 11.3 Å². The summed E-state index contributed by atoms with van der Waals surface area (Å²) < 4.78 is 7.33. The van der Waals surface area contributed by atoms with E-state index in [4.69, 9.17) is 10.00 Å². The lowest BCUT2D eigenvalue weighted by Crippen LogP contribution is -2.39. The van der Waals surface area contributed by atoms with Gasteiger partial charge in [0.15, 0.2) is 6.61 Å². The zero-order chi connectivity index (χ0) is 21.3. The molecule has 4 rings (SSSR count). The minimum Gasteiger partial charge on any atom is -0.481 e. The lowest BCUT2D eigenvalue weighted by atomic mass is 9.93. The number of anilines is 1. The normalized spacial score (nSPS) is 16.2. The summed E-state index contributed by atoms with van der Waals surface area (Å²) in [5, 5.41) is 21.0. The van der Waals surface area contributed by atoms with Gasteiger partial charge in [0, 0.05) is 18.9 Å². The van der Waals surface area contributed by atoms with E-state index in [1.165, 1.54) is 11.3 Å². The second kappa shape index (κ2) is 7.96. The Morgan fingerprint density at radius 3 is 3.03 bits per heavy atom. The number of carbonyl (C=O) groups is 3. The number of nitrogens with zero attached hydrogens (tertiary/aromatic N) is 3. The fourth-order valence-electron chi connectivity index (χ4n) is 3.48. The maximum Gasteiger partial charge on any atom is 0.262 e. The fraction of sp³-hybridized carbons (Fsp3) is 0.250. The molecule has 3 heterocycles. The Morgan fingerprint density at radius 1 is 1.43 bits per heavy atom. The van der Waals surface area contributed by atoms with Crippen molar-refractivity contribution in [2.45, 2.75) is 18.8 Å². The summed E-state index contributed by atoms with van der Waals surface area (Å²) in [6.45, 7) is -0.251. The van der Waals surface area contributed by atoms with Gasteiger partial charge in [-0.25, -0.2) is 0 Å². The van der Waals surface area contributed by atoms with Crippen LogP contribution in [0.25, 0.3) is 10.9 Å². The van der Waals surface area contributed by atoms with Crippen molar-refractivity contribution in [3.05, 3.63) is 40.2 Å². The molecule has 1 unspecified atom stereocenters. The number of benzene rings is 1. The Labute approximate surface area is 175 Å². The Morgan fingerprint density at radius 2 is 2.27 bits per heavy atom. The Hall–Kier alpha value is -3.71. The van der Waals surface area contributed by atoms with Crippen LogP contribution in [0.5, 0.6) is 5.75 Å². The van der Waals surface area contributed by atoms with Gasteiger partial charge >= 0.3 is 0 Å². The van der Waals surface area contributed by atoms with Crippen molar-refractivity contribution in [3.8, 4) is 11.8 Å². The van der Waals surface area contributed by atoms with Gasteiger partial charge in [0.2, 0.25) is 11.8 Å². The number of carbonyl (C=O) groups excluding carboxylic acids is 3. The number of imide groups is 1. The van der Waals surface area contributed by atoms with Crippen LogP contribution in [0.2, 0.25) is 0 Å². The quantitative estimate of drug-likeness (QED) is 0.605. The number of ether oxygens (including phenoxy) is 1. The first-order valence-electron chi connectivity index (χ1n) is 9.17. The molecule has 1 aliphatic heterocycles. The van der Waals surface area contributed by atoms with Gasteiger partial charge in [-0.15, -0.1) is 11.3 Å². The summed E-state index contributed by atoms with van der Waals surface area (Å²) in [6.07, 6.45) is 0.657. The summed E-state index contributed by atoms with van der Waals surface area (Å²) in [5.41, 5.74) is 1.68. The van der Waals surface area contributed by atoms with Gasteiger partial charge in [0.25, 0.3) is 5.91 Å². The maximum atomic E-state index is 12.3. The van der Waals surface area contributed by atoms with E-state index in [1.807, 2.05) is 12.1 Å². The molecule has 1 fully saturated rings. The highest BCUT2D eigenvalue weighted by atomic mass is 32.1. The second-order valence-corrected chi connectivity index (χ2v) is 7.69. The van der Waals surface area contributed by atoms with E-state index in [9.17, 15) is 14.4 Å². The standard InChI is InChI=1S/C20H17N5O4S/c1-25-19-11(18(24-25)12-5-6-16(26)23-20(12)28)3-2-4-14(19)29-10-17(27)22-13-7-8-30-15(13)9-21/h2-4,7-8,12H,5-6,10H2,1H3,(H,22,27)(H,23,26,28). The number of piperidine rings is 1. The summed E-state index contributed by atoms with van der Waals surface area (Å²) in [5.74, 6) is -1.11. The molecule has 3 aromatic rings. The van der Waals surface area contributed by atoms with E-state index in [0.717, 1.165) is 5.39 Å². The highest BCUT2D eigenvalue weighted by Crippen LogP contribution is 2.34. The van der Waals surface area contributed by atoms with Gasteiger partial charge in [-0.2, -0.15) is 10.4 Å². The molecule has 2 N–H and O–H groups in total. The number of para-hydroxylation sites is 1. The topological polar surface area (TPSA) is 126 Å². The third kappa shape index (κ3) is 3.62. The van der Waals surface area contributed by atoms with E-state index in [0.29, 0.717) is 33.9 Å². The molecule has 3 amide bonds.